The van der Waals surface area contributed by atoms with Crippen LogP contribution < -0.4 is 5.32 Å². The van der Waals surface area contributed by atoms with Crippen molar-refractivity contribution in [3.63, 3.8) is 0 Å². The summed E-state index contributed by atoms with van der Waals surface area (Å²) in [5, 5.41) is 12.8. The summed E-state index contributed by atoms with van der Waals surface area (Å²) in [5.41, 5.74) is 1.04. The molecule has 0 unspecified atom stereocenters. The minimum Gasteiger partial charge on any atom is -0.481 e. The molecule has 1 aliphatic heterocycles. The van der Waals surface area contributed by atoms with Gasteiger partial charge in [-0.05, 0) is 17.7 Å². The second-order valence-electron chi connectivity index (χ2n) is 3.76. The Balaban J connectivity index is 2.22. The molecule has 1 heterocycles. The van der Waals surface area contributed by atoms with Crippen molar-refractivity contribution in [2.45, 2.75) is 5.92 Å². The zero-order valence-electron chi connectivity index (χ0n) is 8.11. The van der Waals surface area contributed by atoms with Crippen LogP contribution in [0.3, 0.4) is 0 Å². The second kappa shape index (κ2) is 4.21. The molecule has 0 aliphatic carbocycles. The Hall–Kier alpha value is -1.06. The van der Waals surface area contributed by atoms with E-state index in [1.165, 1.54) is 0 Å². The van der Waals surface area contributed by atoms with E-state index in [1.54, 1.807) is 12.1 Å². The van der Waals surface area contributed by atoms with E-state index in [0.717, 1.165) is 12.1 Å². The normalized spacial score (nSPS) is 25.4. The van der Waals surface area contributed by atoms with Crippen LogP contribution >= 0.6 is 11.6 Å². The molecule has 0 aromatic heterocycles. The highest BCUT2D eigenvalue weighted by atomic mass is 35.5. The van der Waals surface area contributed by atoms with Gasteiger partial charge in [0, 0.05) is 24.0 Å². The molecule has 1 aliphatic rings. The topological polar surface area (TPSA) is 49.3 Å². The van der Waals surface area contributed by atoms with Gasteiger partial charge in [-0.15, -0.1) is 0 Å². The number of hydrogen-bond donors (Lipinski definition) is 2. The van der Waals surface area contributed by atoms with E-state index in [1.807, 2.05) is 12.1 Å². The van der Waals surface area contributed by atoms with Crippen molar-refractivity contribution in [1.29, 1.82) is 0 Å². The lowest BCUT2D eigenvalue weighted by atomic mass is 9.89. The fourth-order valence-electron chi connectivity index (χ4n) is 2.00. The van der Waals surface area contributed by atoms with Crippen molar-refractivity contribution in [2.24, 2.45) is 5.92 Å². The van der Waals surface area contributed by atoms with Crippen LogP contribution in [-0.4, -0.2) is 24.2 Å². The average Bonchev–Trinajstić information content (AvgIpc) is 2.67. The molecule has 2 N–H and O–H groups in total. The number of nitrogens with one attached hydrogen (secondary N) is 1. The Morgan fingerprint density at radius 3 is 2.60 bits per heavy atom. The number of aliphatic carboxylic acids is 1. The van der Waals surface area contributed by atoms with Crippen LogP contribution in [0.2, 0.25) is 5.02 Å². The highest BCUT2D eigenvalue weighted by Gasteiger charge is 2.33. The minimum absolute atomic E-state index is 0.0553. The molecule has 1 fully saturated rings. The highest BCUT2D eigenvalue weighted by Crippen LogP contribution is 2.28. The molecule has 1 aromatic rings. The molecule has 1 saturated heterocycles. The average molecular weight is 226 g/mol. The fraction of sp³-hybridized carbons (Fsp3) is 0.364. The van der Waals surface area contributed by atoms with Gasteiger partial charge in [-0.25, -0.2) is 0 Å². The van der Waals surface area contributed by atoms with Crippen molar-refractivity contribution in [3.05, 3.63) is 34.9 Å². The largest absolute Gasteiger partial charge is 0.481 e. The Kier molecular flexibility index (Phi) is 2.93. The lowest BCUT2D eigenvalue weighted by Gasteiger charge is -2.14. The second-order valence-corrected chi connectivity index (χ2v) is 4.20. The third kappa shape index (κ3) is 2.13. The number of rotatable bonds is 2. The maximum absolute atomic E-state index is 11.0. The molecule has 0 spiro atoms. The first-order valence-corrected chi connectivity index (χ1v) is 5.25. The number of carboxylic acid groups (broad SMARTS) is 1. The number of hydrogen-bond acceptors (Lipinski definition) is 2. The van der Waals surface area contributed by atoms with Crippen LogP contribution in [-0.2, 0) is 4.79 Å². The molecular formula is C11H12ClNO2. The standard InChI is InChI=1S/C11H12ClNO2/c12-8-3-1-7(2-4-8)9-5-13-6-10(9)11(14)15/h1-4,9-10,13H,5-6H2,(H,14,15)/t9-,10+/m0/s1. The van der Waals surface area contributed by atoms with Gasteiger partial charge in [0.15, 0.2) is 0 Å². The molecule has 4 heteroatoms. The molecule has 1 aromatic carbocycles. The monoisotopic (exact) mass is 225 g/mol. The predicted molar refractivity (Wildman–Crippen MR) is 58.2 cm³/mol. The summed E-state index contributed by atoms with van der Waals surface area (Å²) in [5.74, 6) is -1.01. The SMILES string of the molecule is O=C(O)[C@@H]1CNC[C@H]1c1ccc(Cl)cc1. The molecule has 2 rings (SSSR count). The third-order valence-corrected chi connectivity index (χ3v) is 3.08. The maximum Gasteiger partial charge on any atom is 0.308 e. The summed E-state index contributed by atoms with van der Waals surface area (Å²) in [4.78, 5) is 11.0. The van der Waals surface area contributed by atoms with Gasteiger partial charge in [-0.2, -0.15) is 0 Å². The number of carbonyl (C=O) groups is 1. The summed E-state index contributed by atoms with van der Waals surface area (Å²) < 4.78 is 0. The van der Waals surface area contributed by atoms with Crippen LogP contribution in [0.1, 0.15) is 11.5 Å². The zero-order valence-corrected chi connectivity index (χ0v) is 8.87. The molecule has 3 nitrogen and oxygen atoms in total. The van der Waals surface area contributed by atoms with Crippen molar-refractivity contribution >= 4 is 17.6 Å². The van der Waals surface area contributed by atoms with E-state index in [9.17, 15) is 4.79 Å². The number of halogens is 1. The molecule has 15 heavy (non-hydrogen) atoms. The van der Waals surface area contributed by atoms with Crippen molar-refractivity contribution in [2.75, 3.05) is 13.1 Å². The Labute approximate surface area is 93.1 Å². The third-order valence-electron chi connectivity index (χ3n) is 2.83. The Morgan fingerprint density at radius 2 is 2.00 bits per heavy atom. The van der Waals surface area contributed by atoms with E-state index in [-0.39, 0.29) is 11.8 Å². The van der Waals surface area contributed by atoms with Crippen molar-refractivity contribution in [1.82, 2.24) is 5.32 Å². The van der Waals surface area contributed by atoms with E-state index < -0.39 is 5.97 Å². The highest BCUT2D eigenvalue weighted by molar-refractivity contribution is 6.30. The lowest BCUT2D eigenvalue weighted by molar-refractivity contribution is -0.141. The first kappa shape index (κ1) is 10.5. The van der Waals surface area contributed by atoms with Gasteiger partial charge in [-0.1, -0.05) is 23.7 Å². The van der Waals surface area contributed by atoms with Crippen LogP contribution in [0.15, 0.2) is 24.3 Å². The number of carboxylic acids is 1. The molecule has 80 valence electrons. The van der Waals surface area contributed by atoms with E-state index in [4.69, 9.17) is 16.7 Å². The molecule has 0 radical (unpaired) electrons. The van der Waals surface area contributed by atoms with E-state index in [0.29, 0.717) is 11.6 Å². The molecule has 0 amide bonds. The first-order chi connectivity index (χ1) is 7.18. The lowest BCUT2D eigenvalue weighted by Crippen LogP contribution is -2.20. The van der Waals surface area contributed by atoms with Gasteiger partial charge in [0.1, 0.15) is 0 Å². The van der Waals surface area contributed by atoms with Gasteiger partial charge in [-0.3, -0.25) is 4.79 Å². The molecular weight excluding hydrogens is 214 g/mol. The Morgan fingerprint density at radius 1 is 1.33 bits per heavy atom. The molecule has 0 bridgehead atoms. The van der Waals surface area contributed by atoms with Crippen LogP contribution in [0.5, 0.6) is 0 Å². The number of benzene rings is 1. The van der Waals surface area contributed by atoms with Crippen molar-refractivity contribution < 1.29 is 9.90 Å². The maximum atomic E-state index is 11.0. The molecule has 0 saturated carbocycles. The van der Waals surface area contributed by atoms with Gasteiger partial charge in [0.25, 0.3) is 0 Å². The summed E-state index contributed by atoms with van der Waals surface area (Å²) in [6, 6.07) is 7.40. The van der Waals surface area contributed by atoms with Crippen LogP contribution in [0, 0.1) is 5.92 Å². The quantitative estimate of drug-likeness (QED) is 0.806. The van der Waals surface area contributed by atoms with Crippen LogP contribution in [0.4, 0.5) is 0 Å². The summed E-state index contributed by atoms with van der Waals surface area (Å²) in [6.45, 7) is 1.27. The van der Waals surface area contributed by atoms with Gasteiger partial charge in [0.05, 0.1) is 5.92 Å². The Bertz CT molecular complexity index is 363. The van der Waals surface area contributed by atoms with Crippen LogP contribution in [0.25, 0.3) is 0 Å². The fourth-order valence-corrected chi connectivity index (χ4v) is 2.12. The summed E-state index contributed by atoms with van der Waals surface area (Å²) in [7, 11) is 0. The minimum atomic E-state index is -0.736. The first-order valence-electron chi connectivity index (χ1n) is 4.87. The molecule has 2 atom stereocenters. The zero-order chi connectivity index (χ0) is 10.8. The van der Waals surface area contributed by atoms with Crippen molar-refractivity contribution in [3.8, 4) is 0 Å². The van der Waals surface area contributed by atoms with Gasteiger partial charge >= 0.3 is 5.97 Å². The van der Waals surface area contributed by atoms with Gasteiger partial charge < -0.3 is 10.4 Å². The van der Waals surface area contributed by atoms with Gasteiger partial charge in [0.2, 0.25) is 0 Å². The summed E-state index contributed by atoms with van der Waals surface area (Å²) in [6.07, 6.45) is 0. The van der Waals surface area contributed by atoms with E-state index in [2.05, 4.69) is 5.32 Å². The van der Waals surface area contributed by atoms with E-state index >= 15 is 0 Å². The predicted octanol–water partition coefficient (Wildman–Crippen LogP) is 1.73. The smallest absolute Gasteiger partial charge is 0.308 e. The summed E-state index contributed by atoms with van der Waals surface area (Å²) >= 11 is 5.79.